The molecule has 0 nitrogen and oxygen atoms in total. The van der Waals surface area contributed by atoms with Crippen molar-refractivity contribution in [3.63, 3.8) is 0 Å². The van der Waals surface area contributed by atoms with Crippen LogP contribution in [0.25, 0.3) is 0 Å². The third kappa shape index (κ3) is 6.22. The van der Waals surface area contributed by atoms with Crippen LogP contribution >= 0.6 is 0 Å². The van der Waals surface area contributed by atoms with E-state index in [1.54, 1.807) is 11.1 Å². The molecule has 2 rings (SSSR count). The van der Waals surface area contributed by atoms with Crippen molar-refractivity contribution in [1.29, 1.82) is 0 Å². The van der Waals surface area contributed by atoms with Gasteiger partial charge in [0.1, 0.15) is 0 Å². The van der Waals surface area contributed by atoms with Gasteiger partial charge in [0, 0.05) is 0 Å². The molecule has 0 heterocycles. The van der Waals surface area contributed by atoms with Crippen LogP contribution in [0.3, 0.4) is 0 Å². The maximum absolute atomic E-state index is 2.49. The summed E-state index contributed by atoms with van der Waals surface area (Å²) >= 11 is 0. The van der Waals surface area contributed by atoms with E-state index in [0.29, 0.717) is 23.2 Å². The minimum absolute atomic E-state index is 0.586. The number of hydrogen-bond donors (Lipinski definition) is 0. The first-order valence-electron chi connectivity index (χ1n) is 12.7. The Balaban J connectivity index is 2.10. The van der Waals surface area contributed by atoms with E-state index < -0.39 is 0 Å². The smallest absolute Gasteiger partial charge is 0.0108 e. The highest BCUT2D eigenvalue weighted by Crippen LogP contribution is 2.54. The molecule has 1 aliphatic carbocycles. The molecule has 1 aromatic rings. The van der Waals surface area contributed by atoms with Crippen LogP contribution in [-0.4, -0.2) is 0 Å². The van der Waals surface area contributed by atoms with E-state index in [1.807, 2.05) is 0 Å². The van der Waals surface area contributed by atoms with Gasteiger partial charge in [0.25, 0.3) is 0 Å². The van der Waals surface area contributed by atoms with Crippen LogP contribution in [0.1, 0.15) is 129 Å². The topological polar surface area (TPSA) is 0 Å². The van der Waals surface area contributed by atoms with Crippen LogP contribution in [0, 0.1) is 17.3 Å². The number of allylic oxidation sites excluding steroid dienone is 2. The molecule has 1 fully saturated rings. The van der Waals surface area contributed by atoms with Gasteiger partial charge >= 0.3 is 0 Å². The molecule has 4 atom stereocenters. The number of hydrogen-bond acceptors (Lipinski definition) is 0. The third-order valence-corrected chi connectivity index (χ3v) is 8.11. The Hall–Kier alpha value is -1.04. The third-order valence-electron chi connectivity index (χ3n) is 8.11. The van der Waals surface area contributed by atoms with E-state index in [-0.39, 0.29) is 0 Å². The lowest BCUT2D eigenvalue weighted by Crippen LogP contribution is -2.34. The highest BCUT2D eigenvalue weighted by atomic mass is 14.5. The number of unbranched alkanes of at least 4 members (excludes halogenated alkanes) is 2. The summed E-state index contributed by atoms with van der Waals surface area (Å²) in [5, 5.41) is 0. The second-order valence-corrected chi connectivity index (χ2v) is 10.1. The van der Waals surface area contributed by atoms with Gasteiger partial charge in [-0.25, -0.2) is 0 Å². The van der Waals surface area contributed by atoms with Crippen LogP contribution in [0.4, 0.5) is 0 Å². The predicted octanol–water partition coefficient (Wildman–Crippen LogP) is 9.66. The fourth-order valence-corrected chi connectivity index (χ4v) is 5.76. The van der Waals surface area contributed by atoms with Gasteiger partial charge in [0.2, 0.25) is 0 Å². The maximum Gasteiger partial charge on any atom is -0.0108 e. The molecule has 0 radical (unpaired) electrons. The second-order valence-electron chi connectivity index (χ2n) is 10.1. The van der Waals surface area contributed by atoms with Gasteiger partial charge < -0.3 is 0 Å². The van der Waals surface area contributed by atoms with E-state index in [0.717, 1.165) is 5.92 Å². The molecule has 0 aliphatic heterocycles. The normalized spacial score (nSPS) is 20.2. The van der Waals surface area contributed by atoms with Gasteiger partial charge in [-0.05, 0) is 72.3 Å². The summed E-state index contributed by atoms with van der Waals surface area (Å²) < 4.78 is 0. The van der Waals surface area contributed by atoms with E-state index in [2.05, 4.69) is 78.0 Å². The molecule has 0 N–H and O–H groups in total. The average Bonchev–Trinajstić information content (AvgIpc) is 2.70. The Morgan fingerprint density at radius 2 is 1.52 bits per heavy atom. The van der Waals surface area contributed by atoms with Gasteiger partial charge in [0.05, 0.1) is 0 Å². The summed E-state index contributed by atoms with van der Waals surface area (Å²) in [7, 11) is 0. The largest absolute Gasteiger partial charge is 0.0885 e. The molecule has 0 spiro atoms. The Labute approximate surface area is 182 Å². The number of benzene rings is 1. The van der Waals surface area contributed by atoms with Crippen LogP contribution in [0.15, 0.2) is 36.4 Å². The highest BCUT2D eigenvalue weighted by molar-refractivity contribution is 5.30. The van der Waals surface area contributed by atoms with Gasteiger partial charge in [-0.15, -0.1) is 0 Å². The van der Waals surface area contributed by atoms with E-state index in [4.69, 9.17) is 0 Å². The molecule has 0 bridgehead atoms. The lowest BCUT2D eigenvalue weighted by Gasteiger charge is -2.47. The first-order valence-corrected chi connectivity index (χ1v) is 12.7. The van der Waals surface area contributed by atoms with Crippen molar-refractivity contribution in [3.8, 4) is 0 Å². The summed E-state index contributed by atoms with van der Waals surface area (Å²) in [5.41, 5.74) is 3.71. The van der Waals surface area contributed by atoms with Crippen molar-refractivity contribution in [1.82, 2.24) is 0 Å². The first-order chi connectivity index (χ1) is 14.0. The monoisotopic (exact) mass is 396 g/mol. The molecule has 2 unspecified atom stereocenters. The maximum atomic E-state index is 2.49. The van der Waals surface area contributed by atoms with Crippen molar-refractivity contribution in [3.05, 3.63) is 47.5 Å². The lowest BCUT2D eigenvalue weighted by molar-refractivity contribution is 0.0857. The Morgan fingerprint density at radius 1 is 0.862 bits per heavy atom. The number of rotatable bonds is 13. The summed E-state index contributed by atoms with van der Waals surface area (Å²) in [5.74, 6) is 2.79. The van der Waals surface area contributed by atoms with Crippen LogP contribution in [-0.2, 0) is 0 Å². The quantitative estimate of drug-likeness (QED) is 0.230. The summed E-state index contributed by atoms with van der Waals surface area (Å²) in [6, 6.07) is 9.88. The summed E-state index contributed by atoms with van der Waals surface area (Å²) in [4.78, 5) is 0. The Morgan fingerprint density at radius 3 is 2.03 bits per heavy atom. The molecule has 0 aromatic heterocycles. The van der Waals surface area contributed by atoms with E-state index in [9.17, 15) is 0 Å². The Bertz CT molecular complexity index is 589. The molecular formula is C29H48. The predicted molar refractivity (Wildman–Crippen MR) is 131 cm³/mol. The van der Waals surface area contributed by atoms with Crippen molar-refractivity contribution >= 4 is 0 Å². The molecule has 1 aromatic carbocycles. The zero-order chi connectivity index (χ0) is 21.3. The molecule has 0 heteroatoms. The van der Waals surface area contributed by atoms with Crippen molar-refractivity contribution < 1.29 is 0 Å². The summed E-state index contributed by atoms with van der Waals surface area (Å²) in [6.07, 6.45) is 18.2. The van der Waals surface area contributed by atoms with Gasteiger partial charge in [-0.3, -0.25) is 0 Å². The molecule has 0 amide bonds. The second kappa shape index (κ2) is 12.0. The minimum Gasteiger partial charge on any atom is -0.0885 e. The lowest BCUT2D eigenvalue weighted by atomic mass is 9.58. The van der Waals surface area contributed by atoms with Gasteiger partial charge in [-0.1, -0.05) is 110 Å². The van der Waals surface area contributed by atoms with E-state index >= 15 is 0 Å². The van der Waals surface area contributed by atoms with E-state index in [1.165, 1.54) is 64.2 Å². The average molecular weight is 397 g/mol. The molecule has 1 saturated carbocycles. The van der Waals surface area contributed by atoms with Crippen molar-refractivity contribution in [2.75, 3.05) is 0 Å². The molecule has 0 saturated heterocycles. The molecule has 29 heavy (non-hydrogen) atoms. The Kier molecular flexibility index (Phi) is 10.0. The summed E-state index contributed by atoms with van der Waals surface area (Å²) in [6.45, 7) is 14.4. The molecule has 1 aliphatic rings. The minimum atomic E-state index is 0.586. The van der Waals surface area contributed by atoms with Crippen LogP contribution in [0.2, 0.25) is 0 Å². The van der Waals surface area contributed by atoms with Crippen LogP contribution < -0.4 is 0 Å². The van der Waals surface area contributed by atoms with Gasteiger partial charge in [-0.2, -0.15) is 0 Å². The fourth-order valence-electron chi connectivity index (χ4n) is 5.76. The standard InChI is InChI=1S/C29H48/c1-7-10-11-12-13-15-24(5)28(23(4)9-3)27-18-16-26(17-19-27)25(6)29(20-8-2)21-14-22-29/h12-13,16-19,23-25,28H,7-11,14-15,20-22H2,1-6H3/b13-12-/t23-,24-,25?,28?/m1/s1. The SMILES string of the molecule is CCCC/C=C\C[C@@H](C)C(c1ccc(C(C)C2(CCC)CCC2)cc1)[C@H](C)CC. The molecule has 164 valence electrons. The zero-order valence-electron chi connectivity index (χ0n) is 20.3. The highest BCUT2D eigenvalue weighted by Gasteiger charge is 2.41. The van der Waals surface area contributed by atoms with Crippen molar-refractivity contribution in [2.24, 2.45) is 17.3 Å². The fraction of sp³-hybridized carbons (Fsp3) is 0.724. The molecular weight excluding hydrogens is 348 g/mol. The zero-order valence-corrected chi connectivity index (χ0v) is 20.3. The van der Waals surface area contributed by atoms with Crippen LogP contribution in [0.5, 0.6) is 0 Å². The first kappa shape index (κ1) is 24.2. The van der Waals surface area contributed by atoms with Crippen molar-refractivity contribution in [2.45, 2.75) is 118 Å². The van der Waals surface area contributed by atoms with Gasteiger partial charge in [0.15, 0.2) is 0 Å².